The summed E-state index contributed by atoms with van der Waals surface area (Å²) in [6, 6.07) is 8.31. The lowest BCUT2D eigenvalue weighted by molar-refractivity contribution is 0.120. The summed E-state index contributed by atoms with van der Waals surface area (Å²) in [6.07, 6.45) is 1.57. The van der Waals surface area contributed by atoms with Crippen LogP contribution in [-0.2, 0) is 6.42 Å². The predicted octanol–water partition coefficient (Wildman–Crippen LogP) is 1.67. The standard InChI is InChI=1S/C13H20BrNO2/c1-15(13(10-17)7-9-16)8-6-11-2-4-12(14)5-3-11/h2-5,13,16-17H,6-10H2,1H3. The summed E-state index contributed by atoms with van der Waals surface area (Å²) < 4.78 is 1.09. The lowest BCUT2D eigenvalue weighted by Crippen LogP contribution is -2.36. The second kappa shape index (κ2) is 7.82. The summed E-state index contributed by atoms with van der Waals surface area (Å²) in [7, 11) is 1.98. The van der Waals surface area contributed by atoms with E-state index in [-0.39, 0.29) is 19.3 Å². The van der Waals surface area contributed by atoms with Crippen molar-refractivity contribution in [2.24, 2.45) is 0 Å². The van der Waals surface area contributed by atoms with Gasteiger partial charge in [-0.05, 0) is 37.6 Å². The molecule has 1 unspecified atom stereocenters. The number of nitrogens with zero attached hydrogens (tertiary/aromatic N) is 1. The average Bonchev–Trinajstić information content (AvgIpc) is 2.35. The molecule has 0 aromatic heterocycles. The van der Waals surface area contributed by atoms with Gasteiger partial charge in [0.1, 0.15) is 0 Å². The molecule has 0 spiro atoms. The van der Waals surface area contributed by atoms with Crippen LogP contribution in [0.3, 0.4) is 0 Å². The molecule has 0 radical (unpaired) electrons. The maximum atomic E-state index is 9.20. The molecular formula is C13H20BrNO2. The molecule has 0 saturated carbocycles. The second-order valence-electron chi connectivity index (χ2n) is 4.21. The van der Waals surface area contributed by atoms with Gasteiger partial charge in [0.05, 0.1) is 6.61 Å². The van der Waals surface area contributed by atoms with Crippen molar-refractivity contribution in [3.63, 3.8) is 0 Å². The van der Waals surface area contributed by atoms with Crippen molar-refractivity contribution < 1.29 is 10.2 Å². The van der Waals surface area contributed by atoms with E-state index in [2.05, 4.69) is 33.0 Å². The highest BCUT2D eigenvalue weighted by molar-refractivity contribution is 9.10. The van der Waals surface area contributed by atoms with E-state index < -0.39 is 0 Å². The SMILES string of the molecule is CN(CCc1ccc(Br)cc1)C(CO)CCO. The van der Waals surface area contributed by atoms with Gasteiger partial charge < -0.3 is 15.1 Å². The normalized spacial score (nSPS) is 13.0. The van der Waals surface area contributed by atoms with E-state index in [1.54, 1.807) is 0 Å². The minimum atomic E-state index is 0.0513. The maximum Gasteiger partial charge on any atom is 0.0587 e. The molecule has 1 aromatic carbocycles. The van der Waals surface area contributed by atoms with Crippen LogP contribution in [0.4, 0.5) is 0 Å². The highest BCUT2D eigenvalue weighted by atomic mass is 79.9. The van der Waals surface area contributed by atoms with Crippen LogP contribution in [-0.4, -0.2) is 48.0 Å². The maximum absolute atomic E-state index is 9.20. The molecule has 2 N–H and O–H groups in total. The molecule has 0 saturated heterocycles. The molecule has 1 rings (SSSR count). The van der Waals surface area contributed by atoms with Crippen molar-refractivity contribution in [3.05, 3.63) is 34.3 Å². The van der Waals surface area contributed by atoms with Gasteiger partial charge in [0.15, 0.2) is 0 Å². The Morgan fingerprint density at radius 3 is 2.41 bits per heavy atom. The van der Waals surface area contributed by atoms with Crippen LogP contribution >= 0.6 is 15.9 Å². The number of aliphatic hydroxyl groups is 2. The van der Waals surface area contributed by atoms with E-state index in [4.69, 9.17) is 5.11 Å². The fourth-order valence-electron chi connectivity index (χ4n) is 1.74. The van der Waals surface area contributed by atoms with Crippen LogP contribution in [0.5, 0.6) is 0 Å². The zero-order valence-electron chi connectivity index (χ0n) is 10.1. The highest BCUT2D eigenvalue weighted by Gasteiger charge is 2.12. The summed E-state index contributed by atoms with van der Waals surface area (Å²) in [5.74, 6) is 0. The monoisotopic (exact) mass is 301 g/mol. The molecule has 1 atom stereocenters. The van der Waals surface area contributed by atoms with Gasteiger partial charge in [0.2, 0.25) is 0 Å². The summed E-state index contributed by atoms with van der Waals surface area (Å²) in [4.78, 5) is 2.10. The van der Waals surface area contributed by atoms with E-state index in [9.17, 15) is 5.11 Å². The third kappa shape index (κ3) is 5.17. The molecule has 0 fully saturated rings. The molecule has 4 heteroatoms. The third-order valence-electron chi connectivity index (χ3n) is 2.96. The third-order valence-corrected chi connectivity index (χ3v) is 3.49. The van der Waals surface area contributed by atoms with Gasteiger partial charge in [-0.15, -0.1) is 0 Å². The van der Waals surface area contributed by atoms with Gasteiger partial charge in [0.25, 0.3) is 0 Å². The van der Waals surface area contributed by atoms with Crippen molar-refractivity contribution in [1.82, 2.24) is 4.90 Å². The zero-order valence-corrected chi connectivity index (χ0v) is 11.7. The van der Waals surface area contributed by atoms with Crippen molar-refractivity contribution in [2.75, 3.05) is 26.8 Å². The predicted molar refractivity (Wildman–Crippen MR) is 73.1 cm³/mol. The molecule has 3 nitrogen and oxygen atoms in total. The van der Waals surface area contributed by atoms with Gasteiger partial charge in [-0.3, -0.25) is 0 Å². The number of halogens is 1. The second-order valence-corrected chi connectivity index (χ2v) is 5.12. The van der Waals surface area contributed by atoms with Crippen LogP contribution in [0, 0.1) is 0 Å². The molecule has 0 amide bonds. The summed E-state index contributed by atoms with van der Waals surface area (Å²) in [6.45, 7) is 1.10. The van der Waals surface area contributed by atoms with Crippen molar-refractivity contribution in [3.8, 4) is 0 Å². The Kier molecular flexibility index (Phi) is 6.73. The lowest BCUT2D eigenvalue weighted by atomic mass is 10.1. The molecule has 0 bridgehead atoms. The Morgan fingerprint density at radius 2 is 1.88 bits per heavy atom. The number of hydrogen-bond donors (Lipinski definition) is 2. The Hall–Kier alpha value is -0.420. The molecule has 0 aliphatic heterocycles. The number of hydrogen-bond acceptors (Lipinski definition) is 3. The van der Waals surface area contributed by atoms with Gasteiger partial charge in [-0.25, -0.2) is 0 Å². The minimum Gasteiger partial charge on any atom is -0.396 e. The van der Waals surface area contributed by atoms with Crippen LogP contribution < -0.4 is 0 Å². The average molecular weight is 302 g/mol. The van der Waals surface area contributed by atoms with E-state index in [1.807, 2.05) is 19.2 Å². The first kappa shape index (κ1) is 14.6. The Morgan fingerprint density at radius 1 is 1.24 bits per heavy atom. The summed E-state index contributed by atoms with van der Waals surface area (Å²) in [5.41, 5.74) is 1.28. The number of aliphatic hydroxyl groups excluding tert-OH is 2. The quantitative estimate of drug-likeness (QED) is 0.805. The van der Waals surface area contributed by atoms with Crippen LogP contribution in [0.25, 0.3) is 0 Å². The van der Waals surface area contributed by atoms with E-state index in [1.165, 1.54) is 5.56 Å². The number of benzene rings is 1. The summed E-state index contributed by atoms with van der Waals surface area (Å²) >= 11 is 3.41. The fraction of sp³-hybridized carbons (Fsp3) is 0.538. The molecule has 0 heterocycles. The molecule has 1 aromatic rings. The molecular weight excluding hydrogens is 282 g/mol. The first-order valence-electron chi connectivity index (χ1n) is 5.83. The van der Waals surface area contributed by atoms with Gasteiger partial charge in [0, 0.05) is 23.7 Å². The van der Waals surface area contributed by atoms with Crippen LogP contribution in [0.1, 0.15) is 12.0 Å². The summed E-state index contributed by atoms with van der Waals surface area (Å²) in [5, 5.41) is 18.1. The number of likely N-dealkylation sites (N-methyl/N-ethyl adjacent to an activating group) is 1. The largest absolute Gasteiger partial charge is 0.396 e. The smallest absolute Gasteiger partial charge is 0.0587 e. The molecule has 0 aliphatic rings. The van der Waals surface area contributed by atoms with Crippen molar-refractivity contribution >= 4 is 15.9 Å². The van der Waals surface area contributed by atoms with E-state index in [0.717, 1.165) is 17.4 Å². The van der Waals surface area contributed by atoms with Crippen LogP contribution in [0.2, 0.25) is 0 Å². The lowest BCUT2D eigenvalue weighted by Gasteiger charge is -2.25. The topological polar surface area (TPSA) is 43.7 Å². The first-order valence-corrected chi connectivity index (χ1v) is 6.63. The zero-order chi connectivity index (χ0) is 12.7. The minimum absolute atomic E-state index is 0.0513. The Bertz CT molecular complexity index is 316. The Balaban J connectivity index is 2.41. The van der Waals surface area contributed by atoms with Gasteiger partial charge >= 0.3 is 0 Å². The molecule has 0 aliphatic carbocycles. The number of rotatable bonds is 7. The first-order chi connectivity index (χ1) is 8.17. The molecule has 96 valence electrons. The van der Waals surface area contributed by atoms with E-state index in [0.29, 0.717) is 6.42 Å². The molecule has 17 heavy (non-hydrogen) atoms. The van der Waals surface area contributed by atoms with Crippen LogP contribution in [0.15, 0.2) is 28.7 Å². The van der Waals surface area contributed by atoms with E-state index >= 15 is 0 Å². The highest BCUT2D eigenvalue weighted by Crippen LogP contribution is 2.11. The van der Waals surface area contributed by atoms with Crippen molar-refractivity contribution in [1.29, 1.82) is 0 Å². The Labute approximate surface area is 111 Å². The van der Waals surface area contributed by atoms with Crippen molar-refractivity contribution in [2.45, 2.75) is 18.9 Å². The van der Waals surface area contributed by atoms with Gasteiger partial charge in [-0.1, -0.05) is 28.1 Å². The fourth-order valence-corrected chi connectivity index (χ4v) is 2.00. The van der Waals surface area contributed by atoms with Gasteiger partial charge in [-0.2, -0.15) is 0 Å².